The lowest BCUT2D eigenvalue weighted by molar-refractivity contribution is 0.666. The topological polar surface area (TPSA) is 57.8 Å². The molecule has 2 N–H and O–H groups in total. The van der Waals surface area contributed by atoms with Crippen molar-refractivity contribution in [2.45, 2.75) is 26.4 Å². The largest absolute Gasteiger partial charge is 0.308 e. The summed E-state index contributed by atoms with van der Waals surface area (Å²) in [4.78, 5) is 20.5. The van der Waals surface area contributed by atoms with Gasteiger partial charge in [-0.05, 0) is 34.9 Å². The molecule has 0 bridgehead atoms. The highest BCUT2D eigenvalue weighted by Crippen LogP contribution is 2.17. The lowest BCUT2D eigenvalue weighted by atomic mass is 10.2. The molecule has 4 nitrogen and oxygen atoms in total. The van der Waals surface area contributed by atoms with Crippen molar-refractivity contribution >= 4 is 32.9 Å². The zero-order valence-corrected chi connectivity index (χ0v) is 12.7. The summed E-state index contributed by atoms with van der Waals surface area (Å²) in [6.45, 7) is 3.55. The van der Waals surface area contributed by atoms with E-state index >= 15 is 0 Å². The van der Waals surface area contributed by atoms with Gasteiger partial charge in [-0.25, -0.2) is 4.98 Å². The molecule has 0 radical (unpaired) electrons. The second kappa shape index (κ2) is 5.87. The molecule has 104 valence electrons. The molecule has 0 unspecified atom stereocenters. The first-order valence-corrected chi connectivity index (χ1v) is 8.26. The Morgan fingerprint density at radius 3 is 2.95 bits per heavy atom. The summed E-state index contributed by atoms with van der Waals surface area (Å²) in [5.41, 5.74) is 2.12. The van der Waals surface area contributed by atoms with E-state index in [-0.39, 0.29) is 5.56 Å². The SMILES string of the molecule is CCc1ccsc1CNCc1nc2ccsc2c(=O)[nH]1. The van der Waals surface area contributed by atoms with Crippen LogP contribution in [0.15, 0.2) is 27.7 Å². The maximum Gasteiger partial charge on any atom is 0.268 e. The highest BCUT2D eigenvalue weighted by Gasteiger charge is 2.06. The van der Waals surface area contributed by atoms with E-state index in [1.807, 2.05) is 11.4 Å². The Morgan fingerprint density at radius 1 is 1.25 bits per heavy atom. The summed E-state index contributed by atoms with van der Waals surface area (Å²) < 4.78 is 0.695. The van der Waals surface area contributed by atoms with Gasteiger partial charge in [-0.1, -0.05) is 6.92 Å². The Labute approximate surface area is 124 Å². The van der Waals surface area contributed by atoms with Crippen molar-refractivity contribution < 1.29 is 0 Å². The van der Waals surface area contributed by atoms with Crippen LogP contribution in [0.5, 0.6) is 0 Å². The van der Waals surface area contributed by atoms with E-state index in [1.54, 1.807) is 11.3 Å². The van der Waals surface area contributed by atoms with Gasteiger partial charge in [0.2, 0.25) is 0 Å². The van der Waals surface area contributed by atoms with Crippen molar-refractivity contribution in [3.63, 3.8) is 0 Å². The van der Waals surface area contributed by atoms with Gasteiger partial charge >= 0.3 is 0 Å². The molecule has 0 aliphatic rings. The number of nitrogens with one attached hydrogen (secondary N) is 2. The van der Waals surface area contributed by atoms with E-state index in [4.69, 9.17) is 0 Å². The Kier molecular flexibility index (Phi) is 3.95. The predicted molar refractivity (Wildman–Crippen MR) is 84.5 cm³/mol. The molecule has 0 aliphatic heterocycles. The molecule has 20 heavy (non-hydrogen) atoms. The molecule has 0 saturated heterocycles. The first-order chi connectivity index (χ1) is 9.78. The van der Waals surface area contributed by atoms with Crippen LogP contribution in [0.25, 0.3) is 10.2 Å². The van der Waals surface area contributed by atoms with Crippen LogP contribution in [0.2, 0.25) is 0 Å². The van der Waals surface area contributed by atoms with Gasteiger partial charge in [0.05, 0.1) is 12.1 Å². The quantitative estimate of drug-likeness (QED) is 0.762. The third kappa shape index (κ3) is 2.67. The first-order valence-electron chi connectivity index (χ1n) is 6.50. The van der Waals surface area contributed by atoms with Crippen LogP contribution < -0.4 is 10.9 Å². The minimum Gasteiger partial charge on any atom is -0.308 e. The van der Waals surface area contributed by atoms with E-state index < -0.39 is 0 Å². The first kappa shape index (κ1) is 13.5. The molecular formula is C14H15N3OS2. The maximum atomic E-state index is 11.8. The number of thiophene rings is 2. The van der Waals surface area contributed by atoms with Crippen molar-refractivity contribution in [1.82, 2.24) is 15.3 Å². The van der Waals surface area contributed by atoms with Gasteiger partial charge in [0.1, 0.15) is 10.5 Å². The monoisotopic (exact) mass is 305 g/mol. The van der Waals surface area contributed by atoms with E-state index in [0.717, 1.165) is 18.5 Å². The molecule has 6 heteroatoms. The van der Waals surface area contributed by atoms with Crippen LogP contribution in [0.1, 0.15) is 23.2 Å². The predicted octanol–water partition coefficient (Wildman–Crippen LogP) is 2.90. The van der Waals surface area contributed by atoms with Crippen molar-refractivity contribution in [3.8, 4) is 0 Å². The standard InChI is InChI=1S/C14H15N3OS2/c1-2-9-3-5-19-11(9)7-15-8-12-16-10-4-6-20-13(10)14(18)17-12/h3-6,15H,2,7-8H2,1H3,(H,16,17,18). The average molecular weight is 305 g/mol. The summed E-state index contributed by atoms with van der Waals surface area (Å²) >= 11 is 3.19. The van der Waals surface area contributed by atoms with E-state index in [2.05, 4.69) is 33.7 Å². The second-order valence-corrected chi connectivity index (χ2v) is 6.39. The molecule has 0 fully saturated rings. The molecule has 0 aliphatic carbocycles. The zero-order chi connectivity index (χ0) is 13.9. The van der Waals surface area contributed by atoms with E-state index in [0.29, 0.717) is 17.1 Å². The fourth-order valence-electron chi connectivity index (χ4n) is 2.14. The smallest absolute Gasteiger partial charge is 0.268 e. The number of aromatic amines is 1. The molecular weight excluding hydrogens is 290 g/mol. The number of hydrogen-bond acceptors (Lipinski definition) is 5. The van der Waals surface area contributed by atoms with E-state index in [9.17, 15) is 4.79 Å². The molecule has 0 aromatic carbocycles. The summed E-state index contributed by atoms with van der Waals surface area (Å²) in [6.07, 6.45) is 1.05. The molecule has 3 heterocycles. The van der Waals surface area contributed by atoms with Crippen LogP contribution in [0, 0.1) is 0 Å². The van der Waals surface area contributed by atoms with E-state index in [1.165, 1.54) is 21.8 Å². The lowest BCUT2D eigenvalue weighted by Gasteiger charge is -2.05. The number of fused-ring (bicyclic) bond motifs is 1. The maximum absolute atomic E-state index is 11.8. The Morgan fingerprint density at radius 2 is 2.10 bits per heavy atom. The van der Waals surface area contributed by atoms with Crippen LogP contribution in [0.3, 0.4) is 0 Å². The van der Waals surface area contributed by atoms with Gasteiger partial charge < -0.3 is 10.3 Å². The summed E-state index contributed by atoms with van der Waals surface area (Å²) in [7, 11) is 0. The summed E-state index contributed by atoms with van der Waals surface area (Å²) in [5, 5.41) is 7.35. The normalized spacial score (nSPS) is 11.2. The zero-order valence-electron chi connectivity index (χ0n) is 11.1. The highest BCUT2D eigenvalue weighted by atomic mass is 32.1. The van der Waals surface area contributed by atoms with Gasteiger partial charge in [-0.15, -0.1) is 22.7 Å². The molecule has 3 aromatic rings. The van der Waals surface area contributed by atoms with Crippen molar-refractivity contribution in [2.24, 2.45) is 0 Å². The average Bonchev–Trinajstić information content (AvgIpc) is 3.07. The van der Waals surface area contributed by atoms with Crippen LogP contribution in [-0.2, 0) is 19.5 Å². The van der Waals surface area contributed by atoms with Gasteiger partial charge in [0.15, 0.2) is 0 Å². The minimum atomic E-state index is -0.0489. The second-order valence-electron chi connectivity index (χ2n) is 4.47. The summed E-state index contributed by atoms with van der Waals surface area (Å²) in [6, 6.07) is 4.05. The fraction of sp³-hybridized carbons (Fsp3) is 0.286. The third-order valence-corrected chi connectivity index (χ3v) is 5.03. The lowest BCUT2D eigenvalue weighted by Crippen LogP contribution is -2.18. The van der Waals surface area contributed by atoms with Gasteiger partial charge in [-0.3, -0.25) is 4.79 Å². The molecule has 0 atom stereocenters. The number of nitrogens with zero attached hydrogens (tertiary/aromatic N) is 1. The highest BCUT2D eigenvalue weighted by molar-refractivity contribution is 7.17. The Hall–Kier alpha value is -1.50. The molecule has 0 saturated carbocycles. The van der Waals surface area contributed by atoms with Gasteiger partial charge in [0, 0.05) is 11.4 Å². The Balaban J connectivity index is 1.69. The van der Waals surface area contributed by atoms with Crippen molar-refractivity contribution in [1.29, 1.82) is 0 Å². The number of H-pyrrole nitrogens is 1. The molecule has 0 spiro atoms. The Bertz CT molecular complexity index is 772. The van der Waals surface area contributed by atoms with Crippen molar-refractivity contribution in [2.75, 3.05) is 0 Å². The molecule has 3 aromatic heterocycles. The van der Waals surface area contributed by atoms with Crippen LogP contribution in [-0.4, -0.2) is 9.97 Å². The number of hydrogen-bond donors (Lipinski definition) is 2. The van der Waals surface area contributed by atoms with Crippen LogP contribution >= 0.6 is 22.7 Å². The van der Waals surface area contributed by atoms with Crippen molar-refractivity contribution in [3.05, 3.63) is 49.5 Å². The summed E-state index contributed by atoms with van der Waals surface area (Å²) in [5.74, 6) is 0.690. The third-order valence-electron chi connectivity index (χ3n) is 3.16. The molecule has 0 amide bonds. The number of rotatable bonds is 5. The minimum absolute atomic E-state index is 0.0489. The molecule has 3 rings (SSSR count). The van der Waals surface area contributed by atoms with Gasteiger partial charge in [-0.2, -0.15) is 0 Å². The van der Waals surface area contributed by atoms with Crippen LogP contribution in [0.4, 0.5) is 0 Å². The number of aromatic nitrogens is 2. The fourth-order valence-corrected chi connectivity index (χ4v) is 3.81. The number of aryl methyl sites for hydroxylation is 1. The van der Waals surface area contributed by atoms with Gasteiger partial charge in [0.25, 0.3) is 5.56 Å².